The van der Waals surface area contributed by atoms with E-state index in [0.29, 0.717) is 17.0 Å². The van der Waals surface area contributed by atoms with E-state index in [-0.39, 0.29) is 0 Å². The number of carbonyl (C=O) groups is 2. The minimum atomic E-state index is -1.29. The number of hydrogen-bond acceptors (Lipinski definition) is 5. The summed E-state index contributed by atoms with van der Waals surface area (Å²) < 4.78 is 4.95. The first-order valence-corrected chi connectivity index (χ1v) is 7.12. The average molecular weight is 326 g/mol. The van der Waals surface area contributed by atoms with Crippen molar-refractivity contribution >= 4 is 23.9 Å². The van der Waals surface area contributed by atoms with Gasteiger partial charge in [-0.3, -0.25) is 0 Å². The van der Waals surface area contributed by atoms with Crippen LogP contribution in [0.3, 0.4) is 0 Å². The summed E-state index contributed by atoms with van der Waals surface area (Å²) in [4.78, 5) is 22.0. The Morgan fingerprint density at radius 2 is 1.79 bits per heavy atom. The molecule has 0 aromatic heterocycles. The van der Waals surface area contributed by atoms with Gasteiger partial charge in [-0.25, -0.2) is 10.2 Å². The lowest BCUT2D eigenvalue weighted by molar-refractivity contribution is -0.307. The summed E-state index contributed by atoms with van der Waals surface area (Å²) >= 11 is 0. The number of anilines is 1. The van der Waals surface area contributed by atoms with E-state index in [1.54, 1.807) is 36.4 Å². The van der Waals surface area contributed by atoms with Crippen molar-refractivity contribution in [2.24, 2.45) is 5.10 Å². The second kappa shape index (κ2) is 8.33. The molecule has 2 amide bonds. The van der Waals surface area contributed by atoms with E-state index in [1.807, 2.05) is 19.1 Å². The van der Waals surface area contributed by atoms with Gasteiger partial charge in [0.05, 0.1) is 12.2 Å². The molecule has 2 aromatic rings. The Morgan fingerprint density at radius 1 is 1.12 bits per heavy atom. The number of carbonyl (C=O) groups excluding carboxylic acids is 2. The number of carboxylic acids is 1. The van der Waals surface area contributed by atoms with Crippen LogP contribution in [-0.2, 0) is 4.79 Å². The molecule has 7 nitrogen and oxygen atoms in total. The second-order valence-electron chi connectivity index (χ2n) is 4.92. The minimum Gasteiger partial charge on any atom is -0.546 e. The molecule has 2 rings (SSSR count). The first-order valence-electron chi connectivity index (χ1n) is 7.12. The molecule has 0 saturated carbocycles. The van der Waals surface area contributed by atoms with Gasteiger partial charge in [-0.15, -0.1) is 0 Å². The van der Waals surface area contributed by atoms with Crippen molar-refractivity contribution < 1.29 is 19.4 Å². The Kier molecular flexibility index (Phi) is 5.90. The van der Waals surface area contributed by atoms with E-state index in [1.165, 1.54) is 6.21 Å². The number of benzene rings is 2. The molecule has 0 saturated heterocycles. The molecule has 7 heteroatoms. The molecule has 0 fully saturated rings. The summed E-state index contributed by atoms with van der Waals surface area (Å²) in [6.45, 7) is 1.46. The Balaban J connectivity index is 1.81. The van der Waals surface area contributed by atoms with Crippen LogP contribution < -0.4 is 20.6 Å². The number of hydrogen-bond donors (Lipinski definition) is 2. The molecule has 24 heavy (non-hydrogen) atoms. The molecular weight excluding hydrogens is 310 g/mol. The fraction of sp³-hybridized carbons (Fsp3) is 0.118. The molecule has 2 N–H and O–H groups in total. The topological polar surface area (TPSA) is 103 Å². The van der Waals surface area contributed by atoms with Crippen LogP contribution in [0.5, 0.6) is 5.75 Å². The Bertz CT molecular complexity index is 725. The summed E-state index contributed by atoms with van der Waals surface area (Å²) in [5.41, 5.74) is 4.84. The predicted molar refractivity (Wildman–Crippen MR) is 87.9 cm³/mol. The monoisotopic (exact) mass is 326 g/mol. The number of rotatable bonds is 6. The molecule has 0 unspecified atom stereocenters. The summed E-state index contributed by atoms with van der Waals surface area (Å²) in [6, 6.07) is 13.5. The van der Waals surface area contributed by atoms with Crippen LogP contribution in [0.2, 0.25) is 0 Å². The number of aliphatic carboxylic acids is 1. The van der Waals surface area contributed by atoms with Crippen molar-refractivity contribution in [1.82, 2.24) is 5.43 Å². The third-order valence-electron chi connectivity index (χ3n) is 2.93. The maximum atomic E-state index is 11.7. The van der Waals surface area contributed by atoms with Crippen LogP contribution in [0, 0.1) is 6.92 Å². The summed E-state index contributed by atoms with van der Waals surface area (Å²) in [5, 5.41) is 16.8. The highest BCUT2D eigenvalue weighted by Crippen LogP contribution is 2.11. The molecule has 124 valence electrons. The number of carboxylic acid groups (broad SMARTS) is 1. The van der Waals surface area contributed by atoms with E-state index >= 15 is 0 Å². The van der Waals surface area contributed by atoms with E-state index in [2.05, 4.69) is 15.8 Å². The van der Waals surface area contributed by atoms with Crippen LogP contribution >= 0.6 is 0 Å². The molecular formula is C17H16N3O4-. The van der Waals surface area contributed by atoms with Gasteiger partial charge >= 0.3 is 6.03 Å². The third-order valence-corrected chi connectivity index (χ3v) is 2.93. The van der Waals surface area contributed by atoms with Gasteiger partial charge in [-0.05, 0) is 48.9 Å². The van der Waals surface area contributed by atoms with Gasteiger partial charge in [0.25, 0.3) is 0 Å². The number of amides is 2. The van der Waals surface area contributed by atoms with Gasteiger partial charge in [0.1, 0.15) is 12.4 Å². The molecule has 0 aliphatic heterocycles. The van der Waals surface area contributed by atoms with Crippen LogP contribution in [0.15, 0.2) is 53.6 Å². The van der Waals surface area contributed by atoms with Crippen molar-refractivity contribution in [1.29, 1.82) is 0 Å². The van der Waals surface area contributed by atoms with Crippen LogP contribution in [0.1, 0.15) is 11.1 Å². The van der Waals surface area contributed by atoms with Crippen LogP contribution in [-0.4, -0.2) is 24.8 Å². The first-order chi connectivity index (χ1) is 11.5. The lowest BCUT2D eigenvalue weighted by Crippen LogP contribution is -2.28. The number of ether oxygens (including phenoxy) is 1. The number of hydrazone groups is 1. The summed E-state index contributed by atoms with van der Waals surface area (Å²) in [7, 11) is 0. The molecule has 0 aliphatic carbocycles. The third kappa shape index (κ3) is 5.80. The zero-order valence-corrected chi connectivity index (χ0v) is 13.0. The highest BCUT2D eigenvalue weighted by atomic mass is 16.5. The molecule has 0 heterocycles. The average Bonchev–Trinajstić information content (AvgIpc) is 2.56. The van der Waals surface area contributed by atoms with E-state index in [4.69, 9.17) is 4.74 Å². The minimum absolute atomic E-state index is 0.404. The molecule has 0 radical (unpaired) electrons. The van der Waals surface area contributed by atoms with Gasteiger partial charge in [-0.2, -0.15) is 5.10 Å². The van der Waals surface area contributed by atoms with Crippen molar-refractivity contribution in [3.63, 3.8) is 0 Å². The van der Waals surface area contributed by atoms with Crippen molar-refractivity contribution in [3.05, 3.63) is 59.7 Å². The fourth-order valence-corrected chi connectivity index (χ4v) is 1.75. The largest absolute Gasteiger partial charge is 0.546 e. The lowest BCUT2D eigenvalue weighted by atomic mass is 10.2. The predicted octanol–water partition coefficient (Wildman–Crippen LogP) is 1.28. The molecule has 0 spiro atoms. The Labute approximate surface area is 139 Å². The highest BCUT2D eigenvalue weighted by Gasteiger charge is 1.99. The maximum Gasteiger partial charge on any atom is 0.339 e. The quantitative estimate of drug-likeness (QED) is 0.616. The maximum absolute atomic E-state index is 11.7. The van der Waals surface area contributed by atoms with Gasteiger partial charge < -0.3 is 20.0 Å². The smallest absolute Gasteiger partial charge is 0.339 e. The Morgan fingerprint density at radius 3 is 2.42 bits per heavy atom. The second-order valence-corrected chi connectivity index (χ2v) is 4.92. The molecule has 0 bridgehead atoms. The summed E-state index contributed by atoms with van der Waals surface area (Å²) in [6.07, 6.45) is 1.46. The summed E-state index contributed by atoms with van der Waals surface area (Å²) in [5.74, 6) is -0.883. The number of aryl methyl sites for hydroxylation is 1. The highest BCUT2D eigenvalue weighted by molar-refractivity contribution is 5.90. The number of urea groups is 1. The van der Waals surface area contributed by atoms with Gasteiger partial charge in [0.15, 0.2) is 0 Å². The zero-order valence-electron chi connectivity index (χ0n) is 13.0. The molecule has 0 aliphatic rings. The van der Waals surface area contributed by atoms with Crippen LogP contribution in [0.25, 0.3) is 0 Å². The van der Waals surface area contributed by atoms with Crippen molar-refractivity contribution in [3.8, 4) is 5.75 Å². The van der Waals surface area contributed by atoms with E-state index < -0.39 is 18.6 Å². The van der Waals surface area contributed by atoms with Gasteiger partial charge in [0.2, 0.25) is 0 Å². The molecule has 2 aromatic carbocycles. The molecule has 0 atom stereocenters. The van der Waals surface area contributed by atoms with Crippen molar-refractivity contribution in [2.75, 3.05) is 11.9 Å². The standard InChI is InChI=1S/C17H17N3O4/c1-12-2-6-14(7-3-12)19-17(23)20-18-10-13-4-8-15(9-5-13)24-11-16(21)22/h2-10H,11H2,1H3,(H,21,22)(H2,19,20,23)/p-1/b18-10-. The Hall–Kier alpha value is -3.35. The van der Waals surface area contributed by atoms with Crippen LogP contribution in [0.4, 0.5) is 10.5 Å². The number of nitrogens with one attached hydrogen (secondary N) is 2. The zero-order chi connectivity index (χ0) is 17.4. The van der Waals surface area contributed by atoms with Gasteiger partial charge in [-0.1, -0.05) is 17.7 Å². The fourth-order valence-electron chi connectivity index (χ4n) is 1.75. The van der Waals surface area contributed by atoms with Gasteiger partial charge in [0, 0.05) is 5.69 Å². The lowest BCUT2D eigenvalue weighted by Gasteiger charge is -2.06. The number of nitrogens with zero attached hydrogens (tertiary/aromatic N) is 1. The van der Waals surface area contributed by atoms with Crippen molar-refractivity contribution in [2.45, 2.75) is 6.92 Å². The van der Waals surface area contributed by atoms with E-state index in [9.17, 15) is 14.7 Å². The SMILES string of the molecule is Cc1ccc(NC(=O)N/N=C\c2ccc(OCC(=O)[O-])cc2)cc1. The van der Waals surface area contributed by atoms with E-state index in [0.717, 1.165) is 5.56 Å². The first kappa shape index (κ1) is 17.0. The normalized spacial score (nSPS) is 10.4.